The minimum Gasteiger partial charge on any atom is -0.326 e. The molecule has 7 heteroatoms. The van der Waals surface area contributed by atoms with Gasteiger partial charge in [0.25, 0.3) is 0 Å². The first-order valence-electron chi connectivity index (χ1n) is 4.01. The number of hydrogen-bond donors (Lipinski definition) is 4. The summed E-state index contributed by atoms with van der Waals surface area (Å²) in [6.07, 6.45) is 4.80. The molecule has 13 heavy (non-hydrogen) atoms. The zero-order valence-corrected chi connectivity index (χ0v) is 8.07. The highest BCUT2D eigenvalue weighted by molar-refractivity contribution is 7.79. The van der Waals surface area contributed by atoms with Crippen molar-refractivity contribution in [1.29, 1.82) is 0 Å². The summed E-state index contributed by atoms with van der Waals surface area (Å²) in [6.45, 7) is 0. The largest absolute Gasteiger partial charge is 0.394 e. The van der Waals surface area contributed by atoms with Crippen LogP contribution in [0.3, 0.4) is 0 Å². The zero-order valence-electron chi connectivity index (χ0n) is 7.26. The molecule has 0 bridgehead atoms. The number of hydrogen-bond acceptors (Lipinski definition) is 4. The fraction of sp³-hybridized carbons (Fsp3) is 1.00. The first-order chi connectivity index (χ1) is 5.80. The highest BCUT2D eigenvalue weighted by atomic mass is 32.3. The Morgan fingerprint density at radius 1 is 1.00 bits per heavy atom. The van der Waals surface area contributed by atoms with Crippen LogP contribution in [-0.2, 0) is 10.4 Å². The van der Waals surface area contributed by atoms with Crippen molar-refractivity contribution in [2.24, 2.45) is 11.5 Å². The van der Waals surface area contributed by atoms with Gasteiger partial charge in [-0.3, -0.25) is 9.11 Å². The molecule has 0 aromatic carbocycles. The van der Waals surface area contributed by atoms with Crippen LogP contribution in [0.5, 0.6) is 0 Å². The lowest BCUT2D eigenvalue weighted by molar-refractivity contribution is 0.381. The van der Waals surface area contributed by atoms with Crippen molar-refractivity contribution >= 4 is 10.4 Å². The van der Waals surface area contributed by atoms with Gasteiger partial charge >= 0.3 is 10.4 Å². The third-order valence-corrected chi connectivity index (χ3v) is 1.87. The van der Waals surface area contributed by atoms with Crippen molar-refractivity contribution in [2.75, 3.05) is 0 Å². The molecule has 1 aliphatic carbocycles. The summed E-state index contributed by atoms with van der Waals surface area (Å²) in [5.41, 5.74) is 11.3. The molecule has 1 rings (SSSR count). The molecule has 0 aromatic rings. The first-order valence-corrected chi connectivity index (χ1v) is 5.41. The van der Waals surface area contributed by atoms with Gasteiger partial charge in [-0.1, -0.05) is 12.8 Å². The van der Waals surface area contributed by atoms with Crippen molar-refractivity contribution in [1.82, 2.24) is 0 Å². The average Bonchev–Trinajstić information content (AvgIpc) is 1.92. The Bertz CT molecular complexity index is 211. The molecule has 1 fully saturated rings. The van der Waals surface area contributed by atoms with Crippen LogP contribution in [-0.4, -0.2) is 29.6 Å². The molecule has 0 radical (unpaired) electrons. The fourth-order valence-corrected chi connectivity index (χ4v) is 1.19. The molecule has 0 unspecified atom stereocenters. The Labute approximate surface area is 77.9 Å². The van der Waals surface area contributed by atoms with Gasteiger partial charge in [-0.05, 0) is 12.8 Å². The molecule has 0 aliphatic heterocycles. The Morgan fingerprint density at radius 2 is 1.23 bits per heavy atom. The molecule has 80 valence electrons. The third kappa shape index (κ3) is 9.71. The van der Waals surface area contributed by atoms with E-state index in [1.54, 1.807) is 0 Å². The van der Waals surface area contributed by atoms with Crippen LogP contribution in [0.25, 0.3) is 0 Å². The second-order valence-corrected chi connectivity index (χ2v) is 3.96. The van der Waals surface area contributed by atoms with Gasteiger partial charge in [0, 0.05) is 12.1 Å². The molecule has 0 amide bonds. The van der Waals surface area contributed by atoms with Crippen molar-refractivity contribution in [3.05, 3.63) is 0 Å². The molecular formula is C6H16N2O4S. The highest BCUT2D eigenvalue weighted by Crippen LogP contribution is 2.14. The minimum absolute atomic E-state index is 0.281. The first kappa shape index (κ1) is 12.8. The lowest BCUT2D eigenvalue weighted by Gasteiger charge is -2.24. The Kier molecular flexibility index (Phi) is 5.42. The minimum atomic E-state index is -4.67. The van der Waals surface area contributed by atoms with E-state index in [1.165, 1.54) is 12.8 Å². The smallest absolute Gasteiger partial charge is 0.326 e. The Balaban J connectivity index is 0.000000252. The monoisotopic (exact) mass is 212 g/mol. The van der Waals surface area contributed by atoms with Gasteiger partial charge in [-0.2, -0.15) is 8.42 Å². The maximum atomic E-state index is 8.74. The highest BCUT2D eigenvalue weighted by Gasteiger charge is 2.16. The SMILES string of the molecule is N[C@@H]1CCCC[C@@H]1N.O=S(=O)(O)O. The summed E-state index contributed by atoms with van der Waals surface area (Å²) in [4.78, 5) is 0. The van der Waals surface area contributed by atoms with Crippen LogP contribution >= 0.6 is 0 Å². The molecule has 0 spiro atoms. The van der Waals surface area contributed by atoms with Crippen LogP contribution in [0.4, 0.5) is 0 Å². The van der Waals surface area contributed by atoms with Gasteiger partial charge in [-0.25, -0.2) is 0 Å². The number of rotatable bonds is 0. The van der Waals surface area contributed by atoms with Gasteiger partial charge in [-0.15, -0.1) is 0 Å². The predicted molar refractivity (Wildman–Crippen MR) is 48.6 cm³/mol. The Hall–Kier alpha value is -0.210. The summed E-state index contributed by atoms with van der Waals surface area (Å²) in [5.74, 6) is 0. The van der Waals surface area contributed by atoms with Crippen molar-refractivity contribution < 1.29 is 17.5 Å². The van der Waals surface area contributed by atoms with Crippen LogP contribution in [0.1, 0.15) is 25.7 Å². The van der Waals surface area contributed by atoms with Crippen LogP contribution < -0.4 is 11.5 Å². The van der Waals surface area contributed by atoms with Gasteiger partial charge in [0.1, 0.15) is 0 Å². The summed E-state index contributed by atoms with van der Waals surface area (Å²) >= 11 is 0. The lowest BCUT2D eigenvalue weighted by atomic mass is 9.92. The molecule has 6 nitrogen and oxygen atoms in total. The third-order valence-electron chi connectivity index (χ3n) is 1.87. The second kappa shape index (κ2) is 5.51. The standard InChI is InChI=1S/C6H14N2.H2O4S/c7-5-3-1-2-4-6(5)8;1-5(2,3)4/h5-6H,1-4,7-8H2;(H2,1,2,3,4)/t5-,6+;. The maximum absolute atomic E-state index is 8.74. The molecule has 1 saturated carbocycles. The van der Waals surface area contributed by atoms with E-state index in [0.29, 0.717) is 0 Å². The summed E-state index contributed by atoms with van der Waals surface area (Å²) in [5, 5.41) is 0. The predicted octanol–water partition coefficient (Wildman–Crippen LogP) is -0.438. The van der Waals surface area contributed by atoms with Crippen molar-refractivity contribution in [3.8, 4) is 0 Å². The van der Waals surface area contributed by atoms with E-state index >= 15 is 0 Å². The fourth-order valence-electron chi connectivity index (χ4n) is 1.19. The molecule has 1 aliphatic rings. The van der Waals surface area contributed by atoms with E-state index in [9.17, 15) is 0 Å². The van der Waals surface area contributed by atoms with E-state index in [-0.39, 0.29) is 12.1 Å². The van der Waals surface area contributed by atoms with Crippen LogP contribution in [0, 0.1) is 0 Å². The van der Waals surface area contributed by atoms with E-state index in [1.807, 2.05) is 0 Å². The maximum Gasteiger partial charge on any atom is 0.394 e. The van der Waals surface area contributed by atoms with E-state index in [2.05, 4.69) is 0 Å². The van der Waals surface area contributed by atoms with Gasteiger partial charge in [0.05, 0.1) is 0 Å². The van der Waals surface area contributed by atoms with Crippen molar-refractivity contribution in [2.45, 2.75) is 37.8 Å². The van der Waals surface area contributed by atoms with Crippen LogP contribution in [0.2, 0.25) is 0 Å². The molecule has 0 aromatic heterocycles. The molecule has 6 N–H and O–H groups in total. The van der Waals surface area contributed by atoms with E-state index < -0.39 is 10.4 Å². The zero-order chi connectivity index (χ0) is 10.5. The topological polar surface area (TPSA) is 127 Å². The molecular weight excluding hydrogens is 196 g/mol. The average molecular weight is 212 g/mol. The molecule has 0 heterocycles. The van der Waals surface area contributed by atoms with Crippen molar-refractivity contribution in [3.63, 3.8) is 0 Å². The lowest BCUT2D eigenvalue weighted by Crippen LogP contribution is -2.43. The Morgan fingerprint density at radius 3 is 1.38 bits per heavy atom. The van der Waals surface area contributed by atoms with Gasteiger partial charge in [0.15, 0.2) is 0 Å². The summed E-state index contributed by atoms with van der Waals surface area (Å²) in [7, 11) is -4.67. The van der Waals surface area contributed by atoms with Gasteiger partial charge < -0.3 is 11.5 Å². The van der Waals surface area contributed by atoms with Crippen LogP contribution in [0.15, 0.2) is 0 Å². The molecule has 0 saturated heterocycles. The van der Waals surface area contributed by atoms with E-state index in [4.69, 9.17) is 29.0 Å². The van der Waals surface area contributed by atoms with E-state index in [0.717, 1.165) is 12.8 Å². The number of nitrogens with two attached hydrogens (primary N) is 2. The summed E-state index contributed by atoms with van der Waals surface area (Å²) in [6, 6.07) is 0.562. The normalized spacial score (nSPS) is 28.9. The molecule has 2 atom stereocenters. The summed E-state index contributed by atoms with van der Waals surface area (Å²) < 4.78 is 31.6. The second-order valence-electron chi connectivity index (χ2n) is 3.06. The quantitative estimate of drug-likeness (QED) is 0.403. The van der Waals surface area contributed by atoms with Gasteiger partial charge in [0.2, 0.25) is 0 Å².